The van der Waals surface area contributed by atoms with E-state index in [2.05, 4.69) is 20.9 Å². The number of carbonyl (C=O) groups is 1. The van der Waals surface area contributed by atoms with Crippen LogP contribution in [0, 0.1) is 0 Å². The van der Waals surface area contributed by atoms with Crippen LogP contribution in [0.5, 0.6) is 17.2 Å². The zero-order chi connectivity index (χ0) is 21.7. The van der Waals surface area contributed by atoms with Gasteiger partial charge in [0, 0.05) is 23.2 Å². The summed E-state index contributed by atoms with van der Waals surface area (Å²) in [5, 5.41) is 0. The average molecular weight is 495 g/mol. The maximum absolute atomic E-state index is 13.0. The van der Waals surface area contributed by atoms with E-state index in [1.165, 1.54) is 32.7 Å². The number of carbonyl (C=O) groups excluding carboxylic acids is 1. The van der Waals surface area contributed by atoms with E-state index in [9.17, 15) is 4.79 Å². The van der Waals surface area contributed by atoms with Gasteiger partial charge in [0.25, 0.3) is 5.91 Å². The zero-order valence-electron chi connectivity index (χ0n) is 17.2. The molecule has 1 aromatic heterocycles. The Morgan fingerprint density at radius 2 is 1.80 bits per heavy atom. The lowest BCUT2D eigenvalue weighted by molar-refractivity contribution is 0.0996. The van der Waals surface area contributed by atoms with Gasteiger partial charge in [0.2, 0.25) is 5.75 Å². The van der Waals surface area contributed by atoms with Crippen LogP contribution in [0.15, 0.2) is 39.8 Å². The third-order valence-electron chi connectivity index (χ3n) is 4.42. The highest BCUT2D eigenvalue weighted by Gasteiger charge is 2.17. The quantitative estimate of drug-likeness (QED) is 0.437. The van der Waals surface area contributed by atoms with Crippen LogP contribution in [0.3, 0.4) is 0 Å². The number of fused-ring (bicyclic) bond motifs is 1. The minimum absolute atomic E-state index is 0.347. The van der Waals surface area contributed by atoms with E-state index >= 15 is 0 Å². The second-order valence-electron chi connectivity index (χ2n) is 6.18. The van der Waals surface area contributed by atoms with Crippen LogP contribution in [0.2, 0.25) is 0 Å². The minimum atomic E-state index is -0.398. The Morgan fingerprint density at radius 3 is 2.40 bits per heavy atom. The van der Waals surface area contributed by atoms with Gasteiger partial charge in [-0.3, -0.25) is 4.79 Å². The van der Waals surface area contributed by atoms with Gasteiger partial charge in [-0.1, -0.05) is 27.3 Å². The molecule has 9 heteroatoms. The molecule has 3 rings (SSSR count). The fourth-order valence-electron chi connectivity index (χ4n) is 3.00. The van der Waals surface area contributed by atoms with Crippen LogP contribution in [0.25, 0.3) is 10.2 Å². The summed E-state index contributed by atoms with van der Waals surface area (Å²) in [5.41, 5.74) is 1.35. The summed E-state index contributed by atoms with van der Waals surface area (Å²) in [5.74, 6) is 0.833. The van der Waals surface area contributed by atoms with Gasteiger partial charge in [-0.15, -0.1) is 0 Å². The molecule has 30 heavy (non-hydrogen) atoms. The predicted molar refractivity (Wildman–Crippen MR) is 120 cm³/mol. The van der Waals surface area contributed by atoms with E-state index in [1.54, 1.807) is 12.1 Å². The van der Waals surface area contributed by atoms with E-state index in [0.29, 0.717) is 47.4 Å². The van der Waals surface area contributed by atoms with Crippen molar-refractivity contribution in [1.82, 2.24) is 4.57 Å². The van der Waals surface area contributed by atoms with Gasteiger partial charge in [0.1, 0.15) is 0 Å². The molecule has 0 aliphatic rings. The highest BCUT2D eigenvalue weighted by molar-refractivity contribution is 9.10. The molecule has 0 unspecified atom stereocenters. The molecule has 2 aromatic carbocycles. The minimum Gasteiger partial charge on any atom is -0.493 e. The fourth-order valence-corrected chi connectivity index (χ4v) is 4.61. The summed E-state index contributed by atoms with van der Waals surface area (Å²) in [7, 11) is 4.53. The largest absolute Gasteiger partial charge is 0.493 e. The Kier molecular flexibility index (Phi) is 7.52. The topological polar surface area (TPSA) is 71.3 Å². The monoisotopic (exact) mass is 494 g/mol. The van der Waals surface area contributed by atoms with Crippen molar-refractivity contribution in [2.75, 3.05) is 34.5 Å². The molecule has 1 heterocycles. The highest BCUT2D eigenvalue weighted by atomic mass is 79.9. The summed E-state index contributed by atoms with van der Waals surface area (Å²) in [4.78, 5) is 18.0. The number of rotatable bonds is 8. The Balaban J connectivity index is 2.09. The Hall–Kier alpha value is -2.36. The number of amides is 1. The second-order valence-corrected chi connectivity index (χ2v) is 8.10. The van der Waals surface area contributed by atoms with Gasteiger partial charge in [-0.05, 0) is 37.3 Å². The maximum Gasteiger partial charge on any atom is 0.279 e. The summed E-state index contributed by atoms with van der Waals surface area (Å²) < 4.78 is 25.5. The smallest absolute Gasteiger partial charge is 0.279 e. The van der Waals surface area contributed by atoms with Gasteiger partial charge < -0.3 is 23.5 Å². The number of benzene rings is 2. The molecular weight excluding hydrogens is 472 g/mol. The third-order valence-corrected chi connectivity index (χ3v) is 5.95. The molecule has 0 aliphatic heterocycles. The summed E-state index contributed by atoms with van der Waals surface area (Å²) in [6, 6.07) is 9.19. The van der Waals surface area contributed by atoms with Crippen LogP contribution in [0.1, 0.15) is 17.3 Å². The first-order valence-corrected chi connectivity index (χ1v) is 10.9. The van der Waals surface area contributed by atoms with Gasteiger partial charge >= 0.3 is 0 Å². The van der Waals surface area contributed by atoms with Gasteiger partial charge in [0.15, 0.2) is 16.3 Å². The molecule has 0 bridgehead atoms. The van der Waals surface area contributed by atoms with Crippen molar-refractivity contribution in [3.63, 3.8) is 0 Å². The molecule has 0 aliphatic carbocycles. The lowest BCUT2D eigenvalue weighted by Gasteiger charge is -2.12. The van der Waals surface area contributed by atoms with Crippen molar-refractivity contribution >= 4 is 43.4 Å². The number of nitrogens with zero attached hydrogens (tertiary/aromatic N) is 2. The SMILES string of the molecule is CCOCCn1c(=NC(=O)c2cc(OC)c(OC)c(OC)c2)sc2cc(Br)ccc21. The molecule has 0 N–H and O–H groups in total. The van der Waals surface area contributed by atoms with Gasteiger partial charge in [-0.25, -0.2) is 0 Å². The maximum atomic E-state index is 13.0. The highest BCUT2D eigenvalue weighted by Crippen LogP contribution is 2.38. The van der Waals surface area contributed by atoms with Crippen molar-refractivity contribution < 1.29 is 23.7 Å². The standard InChI is InChI=1S/C21H23BrN2O5S/c1-5-29-9-8-24-15-7-6-14(22)12-18(15)30-21(24)23-20(25)13-10-16(26-2)19(28-4)17(11-13)27-3/h6-7,10-12H,5,8-9H2,1-4H3. The fraction of sp³-hybridized carbons (Fsp3) is 0.333. The van der Waals surface area contributed by atoms with E-state index in [-0.39, 0.29) is 0 Å². The normalized spacial score (nSPS) is 11.7. The number of hydrogen-bond acceptors (Lipinski definition) is 6. The molecule has 0 spiro atoms. The van der Waals surface area contributed by atoms with Gasteiger partial charge in [-0.2, -0.15) is 4.99 Å². The number of hydrogen-bond donors (Lipinski definition) is 0. The van der Waals surface area contributed by atoms with Crippen LogP contribution < -0.4 is 19.0 Å². The first kappa shape index (κ1) is 22.3. The molecule has 0 saturated heterocycles. The van der Waals surface area contributed by atoms with E-state index in [0.717, 1.165) is 14.7 Å². The molecular formula is C21H23BrN2O5S. The summed E-state index contributed by atoms with van der Waals surface area (Å²) in [6.45, 7) is 3.71. The van der Waals surface area contributed by atoms with Crippen LogP contribution in [0.4, 0.5) is 0 Å². The number of aromatic nitrogens is 1. The molecule has 0 radical (unpaired) electrons. The number of methoxy groups -OCH3 is 3. The van der Waals surface area contributed by atoms with Crippen LogP contribution >= 0.6 is 27.3 Å². The van der Waals surface area contributed by atoms with Crippen LogP contribution in [-0.4, -0.2) is 45.0 Å². The Bertz CT molecular complexity index is 1100. The lowest BCUT2D eigenvalue weighted by atomic mass is 10.1. The molecule has 0 fully saturated rings. The molecule has 0 atom stereocenters. The molecule has 7 nitrogen and oxygen atoms in total. The Morgan fingerprint density at radius 1 is 1.10 bits per heavy atom. The number of ether oxygens (including phenoxy) is 4. The number of thiazole rings is 1. The van der Waals surface area contributed by atoms with Crippen molar-refractivity contribution in [3.05, 3.63) is 45.2 Å². The zero-order valence-corrected chi connectivity index (χ0v) is 19.6. The van der Waals surface area contributed by atoms with E-state index < -0.39 is 5.91 Å². The molecule has 3 aromatic rings. The van der Waals surface area contributed by atoms with E-state index in [4.69, 9.17) is 18.9 Å². The predicted octanol–water partition coefficient (Wildman–Crippen LogP) is 4.27. The van der Waals surface area contributed by atoms with Crippen molar-refractivity contribution in [3.8, 4) is 17.2 Å². The van der Waals surface area contributed by atoms with E-state index in [1.807, 2.05) is 29.7 Å². The van der Waals surface area contributed by atoms with Gasteiger partial charge in [0.05, 0.1) is 38.2 Å². The van der Waals surface area contributed by atoms with Crippen molar-refractivity contribution in [1.29, 1.82) is 0 Å². The average Bonchev–Trinajstić information content (AvgIpc) is 3.08. The number of halogens is 1. The molecule has 1 amide bonds. The molecule has 160 valence electrons. The lowest BCUT2D eigenvalue weighted by Crippen LogP contribution is -2.19. The first-order chi connectivity index (χ1) is 14.5. The summed E-state index contributed by atoms with van der Waals surface area (Å²) in [6.07, 6.45) is 0. The third kappa shape index (κ3) is 4.69. The summed E-state index contributed by atoms with van der Waals surface area (Å²) >= 11 is 4.95. The van der Waals surface area contributed by atoms with Crippen molar-refractivity contribution in [2.24, 2.45) is 4.99 Å². The van der Waals surface area contributed by atoms with Crippen molar-refractivity contribution in [2.45, 2.75) is 13.5 Å². The Labute approximate surface area is 187 Å². The second kappa shape index (κ2) is 10.1. The molecule has 0 saturated carbocycles. The van der Waals surface area contributed by atoms with Crippen LogP contribution in [-0.2, 0) is 11.3 Å². The first-order valence-electron chi connectivity index (χ1n) is 9.28.